The summed E-state index contributed by atoms with van der Waals surface area (Å²) in [5.74, 6) is 2.57. The second-order valence-electron chi connectivity index (χ2n) is 3.41. The molecule has 0 saturated carbocycles. The molecule has 0 aromatic heterocycles. The Bertz CT molecular complexity index is 219. The molecule has 1 rings (SSSR count). The van der Waals surface area contributed by atoms with Gasteiger partial charge in [0.05, 0.1) is 12.5 Å². The molecule has 2 atom stereocenters. The van der Waals surface area contributed by atoms with E-state index in [1.165, 1.54) is 0 Å². The van der Waals surface area contributed by atoms with E-state index in [4.69, 9.17) is 6.42 Å². The highest BCUT2D eigenvalue weighted by molar-refractivity contribution is 5.79. The highest BCUT2D eigenvalue weighted by Crippen LogP contribution is 2.15. The largest absolute Gasteiger partial charge is 0.345 e. The van der Waals surface area contributed by atoms with Crippen LogP contribution in [-0.4, -0.2) is 25.0 Å². The van der Waals surface area contributed by atoms with Gasteiger partial charge in [-0.05, 0) is 26.3 Å². The minimum absolute atomic E-state index is 0.0812. The average molecular weight is 180 g/mol. The molecule has 1 aliphatic rings. The highest BCUT2D eigenvalue weighted by Gasteiger charge is 2.26. The number of hydrogen-bond acceptors (Lipinski definition) is 2. The van der Waals surface area contributed by atoms with Gasteiger partial charge in [0.15, 0.2) is 0 Å². The number of amides is 1. The molecule has 1 amide bonds. The number of terminal acetylenes is 1. The molecule has 0 aromatic rings. The number of carbonyl (C=O) groups is 1. The van der Waals surface area contributed by atoms with E-state index in [1.54, 1.807) is 0 Å². The normalized spacial score (nSPS) is 27.7. The van der Waals surface area contributed by atoms with Crippen LogP contribution in [0.25, 0.3) is 0 Å². The number of nitrogens with one attached hydrogen (secondary N) is 2. The lowest BCUT2D eigenvalue weighted by Crippen LogP contribution is -2.46. The molecule has 3 heteroatoms. The molecular weight excluding hydrogens is 164 g/mol. The first kappa shape index (κ1) is 10.1. The van der Waals surface area contributed by atoms with Crippen molar-refractivity contribution in [2.45, 2.75) is 25.8 Å². The topological polar surface area (TPSA) is 41.1 Å². The molecule has 13 heavy (non-hydrogen) atoms. The molecule has 2 N–H and O–H groups in total. The third kappa shape index (κ3) is 2.74. The van der Waals surface area contributed by atoms with Crippen LogP contribution in [0.1, 0.15) is 19.8 Å². The van der Waals surface area contributed by atoms with Crippen molar-refractivity contribution in [2.75, 3.05) is 13.1 Å². The smallest absolute Gasteiger partial charge is 0.225 e. The Kier molecular flexibility index (Phi) is 3.78. The van der Waals surface area contributed by atoms with Crippen LogP contribution in [-0.2, 0) is 4.79 Å². The summed E-state index contributed by atoms with van der Waals surface area (Å²) in [6.45, 7) is 3.39. The van der Waals surface area contributed by atoms with Crippen molar-refractivity contribution < 1.29 is 4.79 Å². The van der Waals surface area contributed by atoms with Gasteiger partial charge < -0.3 is 10.6 Å². The Balaban J connectivity index is 2.40. The number of carbonyl (C=O) groups excluding carboxylic acids is 1. The van der Waals surface area contributed by atoms with Crippen LogP contribution >= 0.6 is 0 Å². The molecule has 0 bridgehead atoms. The SMILES string of the molecule is C#CCNC(=O)[C@@H]1CCCN[C@@H]1C. The van der Waals surface area contributed by atoms with Gasteiger partial charge in [-0.25, -0.2) is 0 Å². The summed E-state index contributed by atoms with van der Waals surface area (Å²) in [4.78, 5) is 11.5. The zero-order chi connectivity index (χ0) is 9.68. The van der Waals surface area contributed by atoms with Crippen LogP contribution < -0.4 is 10.6 Å². The van der Waals surface area contributed by atoms with E-state index in [2.05, 4.69) is 16.6 Å². The first-order valence-corrected chi connectivity index (χ1v) is 4.70. The molecule has 1 fully saturated rings. The van der Waals surface area contributed by atoms with Gasteiger partial charge in [0.2, 0.25) is 5.91 Å². The van der Waals surface area contributed by atoms with E-state index >= 15 is 0 Å². The van der Waals surface area contributed by atoms with Crippen LogP contribution in [0.2, 0.25) is 0 Å². The van der Waals surface area contributed by atoms with Gasteiger partial charge in [-0.2, -0.15) is 0 Å². The third-order valence-corrected chi connectivity index (χ3v) is 2.46. The molecule has 3 nitrogen and oxygen atoms in total. The number of rotatable bonds is 2. The molecule has 1 saturated heterocycles. The van der Waals surface area contributed by atoms with Gasteiger partial charge in [0.25, 0.3) is 0 Å². The van der Waals surface area contributed by atoms with Crippen LogP contribution in [0.15, 0.2) is 0 Å². The first-order valence-electron chi connectivity index (χ1n) is 4.70. The molecule has 1 heterocycles. The van der Waals surface area contributed by atoms with Crippen molar-refractivity contribution in [3.63, 3.8) is 0 Å². The fourth-order valence-electron chi connectivity index (χ4n) is 1.67. The van der Waals surface area contributed by atoms with E-state index in [1.807, 2.05) is 6.92 Å². The Hall–Kier alpha value is -1.01. The summed E-state index contributed by atoms with van der Waals surface area (Å²) in [6.07, 6.45) is 7.09. The summed E-state index contributed by atoms with van der Waals surface area (Å²) in [6, 6.07) is 0.270. The lowest BCUT2D eigenvalue weighted by Gasteiger charge is -2.28. The molecule has 0 aliphatic carbocycles. The maximum Gasteiger partial charge on any atom is 0.225 e. The maximum absolute atomic E-state index is 11.5. The molecule has 0 spiro atoms. The van der Waals surface area contributed by atoms with E-state index in [0.717, 1.165) is 19.4 Å². The van der Waals surface area contributed by atoms with Crippen molar-refractivity contribution in [2.24, 2.45) is 5.92 Å². The number of hydrogen-bond donors (Lipinski definition) is 2. The van der Waals surface area contributed by atoms with Crippen LogP contribution in [0.3, 0.4) is 0 Å². The molecule has 0 unspecified atom stereocenters. The van der Waals surface area contributed by atoms with Crippen LogP contribution in [0.5, 0.6) is 0 Å². The van der Waals surface area contributed by atoms with E-state index in [-0.39, 0.29) is 17.9 Å². The Morgan fingerprint density at radius 2 is 2.54 bits per heavy atom. The average Bonchev–Trinajstić information content (AvgIpc) is 2.15. The van der Waals surface area contributed by atoms with Crippen LogP contribution in [0, 0.1) is 18.3 Å². The fraction of sp³-hybridized carbons (Fsp3) is 0.700. The minimum Gasteiger partial charge on any atom is -0.345 e. The van der Waals surface area contributed by atoms with Crippen molar-refractivity contribution in [1.82, 2.24) is 10.6 Å². The fourth-order valence-corrected chi connectivity index (χ4v) is 1.67. The zero-order valence-electron chi connectivity index (χ0n) is 7.97. The van der Waals surface area contributed by atoms with Crippen LogP contribution in [0.4, 0.5) is 0 Å². The predicted octanol–water partition coefficient (Wildman–Crippen LogP) is 0.124. The molecule has 72 valence electrons. The summed E-state index contributed by atoms with van der Waals surface area (Å²) in [5, 5.41) is 5.99. The third-order valence-electron chi connectivity index (χ3n) is 2.46. The van der Waals surface area contributed by atoms with Crippen molar-refractivity contribution in [3.8, 4) is 12.3 Å². The summed E-state index contributed by atoms with van der Waals surface area (Å²) in [5.41, 5.74) is 0. The quantitative estimate of drug-likeness (QED) is 0.593. The predicted molar refractivity (Wildman–Crippen MR) is 52.0 cm³/mol. The monoisotopic (exact) mass is 180 g/mol. The first-order chi connectivity index (χ1) is 6.25. The molecule has 0 aromatic carbocycles. The van der Waals surface area contributed by atoms with Crippen molar-refractivity contribution >= 4 is 5.91 Å². The van der Waals surface area contributed by atoms with Crippen molar-refractivity contribution in [3.05, 3.63) is 0 Å². The van der Waals surface area contributed by atoms with Gasteiger partial charge in [0.1, 0.15) is 0 Å². The van der Waals surface area contributed by atoms with Gasteiger partial charge in [-0.3, -0.25) is 4.79 Å². The highest BCUT2D eigenvalue weighted by atomic mass is 16.1. The second-order valence-corrected chi connectivity index (χ2v) is 3.41. The Morgan fingerprint density at radius 3 is 3.15 bits per heavy atom. The second kappa shape index (κ2) is 4.88. The van der Waals surface area contributed by atoms with Gasteiger partial charge in [0, 0.05) is 6.04 Å². The number of piperidine rings is 1. The zero-order valence-corrected chi connectivity index (χ0v) is 7.97. The van der Waals surface area contributed by atoms with Gasteiger partial charge >= 0.3 is 0 Å². The Morgan fingerprint density at radius 1 is 1.77 bits per heavy atom. The van der Waals surface area contributed by atoms with E-state index in [0.29, 0.717) is 6.54 Å². The van der Waals surface area contributed by atoms with E-state index in [9.17, 15) is 4.79 Å². The standard InChI is InChI=1S/C10H16N2O/c1-3-6-12-10(13)9-5-4-7-11-8(9)2/h1,8-9,11H,4-7H2,2H3,(H,12,13)/t8-,9-/m1/s1. The summed E-state index contributed by atoms with van der Waals surface area (Å²) < 4.78 is 0. The minimum atomic E-state index is 0.0812. The summed E-state index contributed by atoms with van der Waals surface area (Å²) in [7, 11) is 0. The van der Waals surface area contributed by atoms with Crippen molar-refractivity contribution in [1.29, 1.82) is 0 Å². The molecule has 1 aliphatic heterocycles. The van der Waals surface area contributed by atoms with Gasteiger partial charge in [-0.15, -0.1) is 6.42 Å². The summed E-state index contributed by atoms with van der Waals surface area (Å²) >= 11 is 0. The maximum atomic E-state index is 11.5. The lowest BCUT2D eigenvalue weighted by atomic mass is 9.91. The Labute approximate surface area is 79.3 Å². The lowest BCUT2D eigenvalue weighted by molar-refractivity contribution is -0.126. The van der Waals surface area contributed by atoms with Gasteiger partial charge in [-0.1, -0.05) is 5.92 Å². The van der Waals surface area contributed by atoms with E-state index < -0.39 is 0 Å². The molecule has 0 radical (unpaired) electrons. The molecular formula is C10H16N2O.